The first-order valence-electron chi connectivity index (χ1n) is 8.32. The van der Waals surface area contributed by atoms with E-state index in [0.29, 0.717) is 18.9 Å². The van der Waals surface area contributed by atoms with Gasteiger partial charge in [0.2, 0.25) is 0 Å². The molecule has 0 aliphatic carbocycles. The number of nitriles is 1. The molecule has 1 aliphatic heterocycles. The Hall–Kier alpha value is -2.89. The Balaban J connectivity index is 2.05. The molecule has 132 valence electrons. The molecule has 1 atom stereocenters. The highest BCUT2D eigenvalue weighted by Crippen LogP contribution is 2.29. The summed E-state index contributed by atoms with van der Waals surface area (Å²) >= 11 is 0. The van der Waals surface area contributed by atoms with E-state index in [-0.39, 0.29) is 11.5 Å². The van der Waals surface area contributed by atoms with Gasteiger partial charge in [-0.05, 0) is 19.8 Å². The Morgan fingerprint density at radius 3 is 2.76 bits per heavy atom. The van der Waals surface area contributed by atoms with Crippen molar-refractivity contribution >= 4 is 5.82 Å². The van der Waals surface area contributed by atoms with Crippen molar-refractivity contribution in [1.82, 2.24) is 23.9 Å². The molecule has 0 spiro atoms. The molecule has 1 unspecified atom stereocenters. The number of hydrogen-bond acceptors (Lipinski definition) is 6. The van der Waals surface area contributed by atoms with Gasteiger partial charge in [0.25, 0.3) is 5.56 Å². The van der Waals surface area contributed by atoms with Crippen LogP contribution in [-0.2, 0) is 20.6 Å². The molecule has 0 saturated carbocycles. The number of piperidine rings is 1. The number of aryl methyl sites for hydroxylation is 1. The summed E-state index contributed by atoms with van der Waals surface area (Å²) in [6, 6.07) is 1.97. The quantitative estimate of drug-likeness (QED) is 0.774. The Morgan fingerprint density at radius 2 is 2.08 bits per heavy atom. The van der Waals surface area contributed by atoms with E-state index < -0.39 is 11.2 Å². The van der Waals surface area contributed by atoms with Crippen molar-refractivity contribution in [3.05, 3.63) is 38.6 Å². The third kappa shape index (κ3) is 2.73. The third-order valence-electron chi connectivity index (χ3n) is 4.82. The lowest BCUT2D eigenvalue weighted by atomic mass is 9.96. The van der Waals surface area contributed by atoms with Crippen LogP contribution in [0.1, 0.15) is 37.1 Å². The van der Waals surface area contributed by atoms with E-state index in [1.165, 1.54) is 11.6 Å². The molecule has 2 aromatic heterocycles. The van der Waals surface area contributed by atoms with E-state index in [4.69, 9.17) is 0 Å². The topological polar surface area (TPSA) is 102 Å². The van der Waals surface area contributed by atoms with E-state index >= 15 is 0 Å². The van der Waals surface area contributed by atoms with Gasteiger partial charge in [-0.15, -0.1) is 10.2 Å². The highest BCUT2D eigenvalue weighted by molar-refractivity contribution is 5.54. The molecule has 0 aromatic carbocycles. The van der Waals surface area contributed by atoms with Crippen LogP contribution in [0.4, 0.5) is 5.82 Å². The van der Waals surface area contributed by atoms with Gasteiger partial charge in [0.15, 0.2) is 5.56 Å². The average Bonchev–Trinajstić information content (AvgIpc) is 3.11. The molecule has 1 saturated heterocycles. The van der Waals surface area contributed by atoms with Crippen LogP contribution in [0.3, 0.4) is 0 Å². The van der Waals surface area contributed by atoms with Gasteiger partial charge in [-0.25, -0.2) is 4.79 Å². The Bertz CT molecular complexity index is 947. The number of anilines is 1. The fourth-order valence-corrected chi connectivity index (χ4v) is 3.51. The highest BCUT2D eigenvalue weighted by atomic mass is 16.2. The molecule has 0 N–H and O–H groups in total. The van der Waals surface area contributed by atoms with Crippen LogP contribution in [0.25, 0.3) is 0 Å². The predicted molar refractivity (Wildman–Crippen MR) is 91.5 cm³/mol. The summed E-state index contributed by atoms with van der Waals surface area (Å²) in [4.78, 5) is 26.6. The lowest BCUT2D eigenvalue weighted by molar-refractivity contribution is 0.465. The van der Waals surface area contributed by atoms with Crippen LogP contribution in [0, 0.1) is 11.3 Å². The molecule has 0 amide bonds. The summed E-state index contributed by atoms with van der Waals surface area (Å²) in [6.45, 7) is 4.10. The van der Waals surface area contributed by atoms with Gasteiger partial charge in [0.05, 0.1) is 0 Å². The SMILES string of the molecule is CCn1cnnc1C1CCCN(c2c(C#N)c(=O)n(C)c(=O)n2C)C1. The number of nitrogens with zero attached hydrogens (tertiary/aromatic N) is 7. The Labute approximate surface area is 144 Å². The maximum atomic E-state index is 12.3. The minimum Gasteiger partial charge on any atom is -0.356 e. The summed E-state index contributed by atoms with van der Waals surface area (Å²) in [5, 5.41) is 17.7. The molecule has 1 aliphatic rings. The molecule has 9 heteroatoms. The van der Waals surface area contributed by atoms with Crippen LogP contribution >= 0.6 is 0 Å². The van der Waals surface area contributed by atoms with Crippen molar-refractivity contribution in [3.63, 3.8) is 0 Å². The summed E-state index contributed by atoms with van der Waals surface area (Å²) in [5.41, 5.74) is -0.987. The Kier molecular flexibility index (Phi) is 4.44. The van der Waals surface area contributed by atoms with Gasteiger partial charge in [-0.3, -0.25) is 13.9 Å². The fourth-order valence-electron chi connectivity index (χ4n) is 3.51. The second kappa shape index (κ2) is 6.55. The van der Waals surface area contributed by atoms with Gasteiger partial charge in [0.1, 0.15) is 24.0 Å². The zero-order chi connectivity index (χ0) is 18.1. The summed E-state index contributed by atoms with van der Waals surface area (Å²) < 4.78 is 4.35. The zero-order valence-electron chi connectivity index (χ0n) is 14.6. The molecule has 25 heavy (non-hydrogen) atoms. The van der Waals surface area contributed by atoms with Crippen molar-refractivity contribution in [2.45, 2.75) is 32.2 Å². The molecular formula is C16H21N7O2. The van der Waals surface area contributed by atoms with Crippen molar-refractivity contribution in [1.29, 1.82) is 5.26 Å². The molecule has 0 radical (unpaired) electrons. The van der Waals surface area contributed by atoms with Crippen LogP contribution in [0.15, 0.2) is 15.9 Å². The standard InChI is InChI=1S/C16H21N7O2/c1-4-22-10-18-19-13(22)11-6-5-7-23(9-11)14-12(8-17)15(24)21(3)16(25)20(14)2/h10-11H,4-7,9H2,1-3H3. The fraction of sp³-hybridized carbons (Fsp3) is 0.562. The normalized spacial score (nSPS) is 17.5. The van der Waals surface area contributed by atoms with Crippen molar-refractivity contribution < 1.29 is 0 Å². The van der Waals surface area contributed by atoms with Crippen molar-refractivity contribution in [2.75, 3.05) is 18.0 Å². The Morgan fingerprint density at radius 1 is 1.32 bits per heavy atom. The van der Waals surface area contributed by atoms with Crippen molar-refractivity contribution in [2.24, 2.45) is 14.1 Å². The molecule has 1 fully saturated rings. The average molecular weight is 343 g/mol. The molecular weight excluding hydrogens is 322 g/mol. The first-order chi connectivity index (χ1) is 12.0. The van der Waals surface area contributed by atoms with Gasteiger partial charge in [-0.2, -0.15) is 5.26 Å². The molecule has 2 aromatic rings. The smallest absolute Gasteiger partial charge is 0.332 e. The van der Waals surface area contributed by atoms with Crippen LogP contribution in [0.5, 0.6) is 0 Å². The van der Waals surface area contributed by atoms with Crippen LogP contribution in [0.2, 0.25) is 0 Å². The molecule has 3 heterocycles. The van der Waals surface area contributed by atoms with E-state index in [1.54, 1.807) is 13.4 Å². The monoisotopic (exact) mass is 343 g/mol. The van der Waals surface area contributed by atoms with Gasteiger partial charge < -0.3 is 9.47 Å². The lowest BCUT2D eigenvalue weighted by Crippen LogP contribution is -2.45. The second-order valence-electron chi connectivity index (χ2n) is 6.28. The predicted octanol–water partition coefficient (Wildman–Crippen LogP) is -0.0489. The number of rotatable bonds is 3. The first-order valence-corrected chi connectivity index (χ1v) is 8.32. The van der Waals surface area contributed by atoms with Crippen molar-refractivity contribution in [3.8, 4) is 6.07 Å². The number of hydrogen-bond donors (Lipinski definition) is 0. The minimum atomic E-state index is -0.556. The second-order valence-corrected chi connectivity index (χ2v) is 6.28. The van der Waals surface area contributed by atoms with Crippen LogP contribution < -0.4 is 16.1 Å². The molecule has 3 rings (SSSR count). The van der Waals surface area contributed by atoms with Gasteiger partial charge in [0, 0.05) is 39.6 Å². The maximum Gasteiger partial charge on any atom is 0.332 e. The van der Waals surface area contributed by atoms with Gasteiger partial charge in [-0.1, -0.05) is 0 Å². The first kappa shape index (κ1) is 17.0. The molecule has 0 bridgehead atoms. The third-order valence-corrected chi connectivity index (χ3v) is 4.82. The van der Waals surface area contributed by atoms with E-state index in [1.807, 2.05) is 22.5 Å². The summed E-state index contributed by atoms with van der Waals surface area (Å²) in [7, 11) is 2.98. The zero-order valence-corrected chi connectivity index (χ0v) is 14.6. The van der Waals surface area contributed by atoms with E-state index in [2.05, 4.69) is 10.2 Å². The summed E-state index contributed by atoms with van der Waals surface area (Å²) in [5.74, 6) is 1.43. The van der Waals surface area contributed by atoms with E-state index in [9.17, 15) is 14.9 Å². The largest absolute Gasteiger partial charge is 0.356 e. The summed E-state index contributed by atoms with van der Waals surface area (Å²) in [6.07, 6.45) is 3.55. The highest BCUT2D eigenvalue weighted by Gasteiger charge is 2.29. The maximum absolute atomic E-state index is 12.3. The lowest BCUT2D eigenvalue weighted by Gasteiger charge is -2.35. The minimum absolute atomic E-state index is 0.00204. The number of aromatic nitrogens is 5. The molecule has 9 nitrogen and oxygen atoms in total. The van der Waals surface area contributed by atoms with Crippen LogP contribution in [-0.4, -0.2) is 37.0 Å². The van der Waals surface area contributed by atoms with E-state index in [0.717, 1.165) is 29.8 Å². The van der Waals surface area contributed by atoms with Gasteiger partial charge >= 0.3 is 5.69 Å².